The van der Waals surface area contributed by atoms with E-state index in [2.05, 4.69) is 19.9 Å². The minimum Gasteiger partial charge on any atom is -0.493 e. The van der Waals surface area contributed by atoms with Crippen molar-refractivity contribution in [1.29, 1.82) is 0 Å². The van der Waals surface area contributed by atoms with Crippen LogP contribution in [-0.4, -0.2) is 29.6 Å². The number of halogens is 2. The molecule has 6 nitrogen and oxygen atoms in total. The number of fused-ring (bicyclic) bond motifs is 2. The fraction of sp³-hybridized carbons (Fsp3) is 0. The number of hydrogen-bond donors (Lipinski definition) is 1. The third-order valence-corrected chi connectivity index (χ3v) is 3.80. The Hall–Kier alpha value is -2.44. The highest BCUT2D eigenvalue weighted by Gasteiger charge is 2.19. The molecule has 0 saturated carbocycles. The maximum Gasteiger partial charge on any atom is 0.227 e. The van der Waals surface area contributed by atoms with Crippen molar-refractivity contribution in [2.75, 3.05) is 0 Å². The van der Waals surface area contributed by atoms with Gasteiger partial charge >= 0.3 is 0 Å². The molecule has 0 saturated heterocycles. The predicted octanol–water partition coefficient (Wildman–Crippen LogP) is 3.38. The molecule has 0 spiro atoms. The maximum absolute atomic E-state index is 10.3. The van der Waals surface area contributed by atoms with Crippen molar-refractivity contribution < 1.29 is 5.11 Å². The van der Waals surface area contributed by atoms with Crippen LogP contribution in [-0.2, 0) is 0 Å². The van der Waals surface area contributed by atoms with E-state index in [0.717, 1.165) is 5.39 Å². The van der Waals surface area contributed by atoms with E-state index < -0.39 is 0 Å². The van der Waals surface area contributed by atoms with Crippen LogP contribution in [0.4, 0.5) is 0 Å². The fourth-order valence-corrected chi connectivity index (χ4v) is 2.70. The van der Waals surface area contributed by atoms with Gasteiger partial charge in [-0.1, -0.05) is 23.2 Å². The number of aromatic nitrogens is 5. The number of nitrogens with zero attached hydrogens (tertiary/aromatic N) is 5. The van der Waals surface area contributed by atoms with E-state index >= 15 is 0 Å². The van der Waals surface area contributed by atoms with Gasteiger partial charge in [0.1, 0.15) is 21.6 Å². The van der Waals surface area contributed by atoms with Gasteiger partial charge in [-0.3, -0.25) is 4.57 Å². The third-order valence-electron chi connectivity index (χ3n) is 3.25. The van der Waals surface area contributed by atoms with Gasteiger partial charge < -0.3 is 5.11 Å². The monoisotopic (exact) mass is 331 g/mol. The van der Waals surface area contributed by atoms with Crippen molar-refractivity contribution in [1.82, 2.24) is 24.5 Å². The topological polar surface area (TPSA) is 76.7 Å². The first-order valence-corrected chi connectivity index (χ1v) is 7.04. The molecule has 0 fully saturated rings. The fourth-order valence-electron chi connectivity index (χ4n) is 2.26. The Labute approximate surface area is 134 Å². The molecule has 0 atom stereocenters. The molecule has 0 unspecified atom stereocenters. The molecular formula is C14H7Cl2N5O. The lowest BCUT2D eigenvalue weighted by molar-refractivity contribution is 0.446. The summed E-state index contributed by atoms with van der Waals surface area (Å²) in [6.45, 7) is 0. The Morgan fingerprint density at radius 1 is 0.909 bits per heavy atom. The highest BCUT2D eigenvalue weighted by atomic mass is 35.5. The Kier molecular flexibility index (Phi) is 2.88. The molecule has 0 aromatic carbocycles. The van der Waals surface area contributed by atoms with Crippen molar-refractivity contribution in [2.24, 2.45) is 0 Å². The van der Waals surface area contributed by atoms with Crippen LogP contribution < -0.4 is 0 Å². The standard InChI is InChI=1S/C14H7Cl2N5O/c15-8-3-1-7-2-4-9(20-13(7)19-8)21-12(16)10-11(14(21)22)18-6-5-17-10/h1-6,22H. The van der Waals surface area contributed by atoms with Gasteiger partial charge in [-0.05, 0) is 24.3 Å². The molecule has 4 heterocycles. The molecule has 0 aliphatic rings. The lowest BCUT2D eigenvalue weighted by Gasteiger charge is -2.06. The minimum absolute atomic E-state index is 0.123. The van der Waals surface area contributed by atoms with Crippen molar-refractivity contribution in [2.45, 2.75) is 0 Å². The van der Waals surface area contributed by atoms with E-state index in [1.807, 2.05) is 12.1 Å². The smallest absolute Gasteiger partial charge is 0.227 e. The van der Waals surface area contributed by atoms with E-state index in [-0.39, 0.29) is 11.0 Å². The first-order valence-electron chi connectivity index (χ1n) is 6.29. The molecule has 4 aromatic heterocycles. The van der Waals surface area contributed by atoms with Gasteiger partial charge in [0.2, 0.25) is 5.88 Å². The van der Waals surface area contributed by atoms with Crippen LogP contribution in [0.1, 0.15) is 0 Å². The Morgan fingerprint density at radius 2 is 1.64 bits per heavy atom. The SMILES string of the molecule is Oc1c2nccnc2c(Cl)n1-c1ccc2ccc(Cl)nc2n1. The summed E-state index contributed by atoms with van der Waals surface area (Å²) in [7, 11) is 0. The van der Waals surface area contributed by atoms with Gasteiger partial charge in [0, 0.05) is 17.8 Å². The zero-order valence-electron chi connectivity index (χ0n) is 10.9. The average Bonchev–Trinajstić information content (AvgIpc) is 2.79. The zero-order valence-corrected chi connectivity index (χ0v) is 12.4. The second-order valence-corrected chi connectivity index (χ2v) is 5.30. The van der Waals surface area contributed by atoms with Gasteiger partial charge in [-0.15, -0.1) is 0 Å². The molecule has 0 aliphatic carbocycles. The van der Waals surface area contributed by atoms with Gasteiger partial charge in [0.05, 0.1) is 0 Å². The van der Waals surface area contributed by atoms with Crippen molar-refractivity contribution in [3.63, 3.8) is 0 Å². The summed E-state index contributed by atoms with van der Waals surface area (Å²) in [6.07, 6.45) is 2.99. The van der Waals surface area contributed by atoms with Crippen molar-refractivity contribution in [3.05, 3.63) is 47.0 Å². The lowest BCUT2D eigenvalue weighted by atomic mass is 10.3. The van der Waals surface area contributed by atoms with Crippen LogP contribution in [0, 0.1) is 0 Å². The molecular weight excluding hydrogens is 325 g/mol. The second-order valence-electron chi connectivity index (χ2n) is 4.55. The maximum atomic E-state index is 10.3. The van der Waals surface area contributed by atoms with Crippen LogP contribution in [0.15, 0.2) is 36.7 Å². The van der Waals surface area contributed by atoms with Gasteiger partial charge in [-0.2, -0.15) is 0 Å². The molecule has 22 heavy (non-hydrogen) atoms. The molecule has 108 valence electrons. The molecule has 0 radical (unpaired) electrons. The lowest BCUT2D eigenvalue weighted by Crippen LogP contribution is -1.98. The third kappa shape index (κ3) is 1.88. The molecule has 0 aliphatic heterocycles. The molecule has 1 N–H and O–H groups in total. The van der Waals surface area contributed by atoms with Crippen molar-refractivity contribution in [3.8, 4) is 11.7 Å². The minimum atomic E-state index is -0.123. The van der Waals surface area contributed by atoms with E-state index in [0.29, 0.717) is 27.7 Å². The molecule has 4 aromatic rings. The Balaban J connectivity index is 2.02. The van der Waals surface area contributed by atoms with Crippen LogP contribution in [0.2, 0.25) is 10.3 Å². The molecule has 4 rings (SSSR count). The van der Waals surface area contributed by atoms with E-state index in [4.69, 9.17) is 23.2 Å². The number of aromatic hydroxyl groups is 1. The average molecular weight is 332 g/mol. The first kappa shape index (κ1) is 13.2. The molecule has 0 bridgehead atoms. The Morgan fingerprint density at radius 3 is 2.41 bits per heavy atom. The number of pyridine rings is 2. The zero-order chi connectivity index (χ0) is 15.3. The predicted molar refractivity (Wildman–Crippen MR) is 83.6 cm³/mol. The second kappa shape index (κ2) is 4.79. The van der Waals surface area contributed by atoms with Crippen LogP contribution in [0.5, 0.6) is 5.88 Å². The van der Waals surface area contributed by atoms with Gasteiger partial charge in [0.25, 0.3) is 0 Å². The summed E-state index contributed by atoms with van der Waals surface area (Å²) in [5.74, 6) is 0.284. The highest BCUT2D eigenvalue weighted by molar-refractivity contribution is 6.34. The molecule has 0 amide bonds. The molecule has 8 heteroatoms. The van der Waals surface area contributed by atoms with E-state index in [1.165, 1.54) is 17.0 Å². The van der Waals surface area contributed by atoms with E-state index in [1.54, 1.807) is 12.1 Å². The first-order chi connectivity index (χ1) is 10.6. The summed E-state index contributed by atoms with van der Waals surface area (Å²) in [4.78, 5) is 16.8. The van der Waals surface area contributed by atoms with Gasteiger partial charge in [0.15, 0.2) is 11.2 Å². The summed E-state index contributed by atoms with van der Waals surface area (Å²) < 4.78 is 1.37. The number of hydrogen-bond acceptors (Lipinski definition) is 5. The Bertz CT molecular complexity index is 992. The summed E-state index contributed by atoms with van der Waals surface area (Å²) in [5, 5.41) is 11.7. The van der Waals surface area contributed by atoms with Crippen LogP contribution in [0.3, 0.4) is 0 Å². The van der Waals surface area contributed by atoms with Crippen LogP contribution in [0.25, 0.3) is 27.9 Å². The number of rotatable bonds is 1. The summed E-state index contributed by atoms with van der Waals surface area (Å²) in [6, 6.07) is 7.05. The largest absolute Gasteiger partial charge is 0.493 e. The quantitative estimate of drug-likeness (QED) is 0.541. The van der Waals surface area contributed by atoms with E-state index in [9.17, 15) is 5.11 Å². The normalized spacial score (nSPS) is 11.4. The highest BCUT2D eigenvalue weighted by Crippen LogP contribution is 2.34. The van der Waals surface area contributed by atoms with Gasteiger partial charge in [-0.25, -0.2) is 19.9 Å². The summed E-state index contributed by atoms with van der Waals surface area (Å²) >= 11 is 12.2. The van der Waals surface area contributed by atoms with Crippen molar-refractivity contribution >= 4 is 45.3 Å². The van der Waals surface area contributed by atoms with Crippen LogP contribution >= 0.6 is 23.2 Å². The summed E-state index contributed by atoms with van der Waals surface area (Å²) in [5.41, 5.74) is 1.18.